The molecule has 0 fully saturated rings. The normalized spacial score (nSPS) is 12.4. The van der Waals surface area contributed by atoms with Gasteiger partial charge in [-0.1, -0.05) is 19.4 Å². The third-order valence-corrected chi connectivity index (χ3v) is 3.29. The van der Waals surface area contributed by atoms with Gasteiger partial charge in [0, 0.05) is 12.4 Å². The summed E-state index contributed by atoms with van der Waals surface area (Å²) in [5, 5.41) is 3.34. The second-order valence-electron chi connectivity index (χ2n) is 4.35. The number of hydrogen-bond acceptors (Lipinski definition) is 2. The molecule has 102 valence electrons. The molecule has 1 atom stereocenters. The summed E-state index contributed by atoms with van der Waals surface area (Å²) >= 11 is 5.73. The standard InChI is InChI=1S/C14H21ClFNO/c1-3-11(6-7-15)9-17-10-12-4-5-14(18-2)13(16)8-12/h4-5,8,11,17H,3,6-7,9-10H2,1-2H3. The zero-order valence-electron chi connectivity index (χ0n) is 11.0. The van der Waals surface area contributed by atoms with Gasteiger partial charge in [-0.05, 0) is 36.6 Å². The van der Waals surface area contributed by atoms with Crippen LogP contribution in [0.5, 0.6) is 5.75 Å². The zero-order valence-corrected chi connectivity index (χ0v) is 11.8. The maximum atomic E-state index is 13.5. The molecule has 0 spiro atoms. The van der Waals surface area contributed by atoms with Crippen molar-refractivity contribution in [1.29, 1.82) is 0 Å². The highest BCUT2D eigenvalue weighted by molar-refractivity contribution is 6.17. The van der Waals surface area contributed by atoms with E-state index in [9.17, 15) is 4.39 Å². The average Bonchev–Trinajstić information content (AvgIpc) is 2.38. The molecule has 0 radical (unpaired) electrons. The van der Waals surface area contributed by atoms with E-state index in [-0.39, 0.29) is 11.6 Å². The molecule has 1 aromatic carbocycles. The van der Waals surface area contributed by atoms with Gasteiger partial charge >= 0.3 is 0 Å². The molecule has 1 rings (SSSR count). The van der Waals surface area contributed by atoms with E-state index in [2.05, 4.69) is 12.2 Å². The molecule has 0 heterocycles. The number of hydrogen-bond donors (Lipinski definition) is 1. The number of nitrogens with one attached hydrogen (secondary N) is 1. The molecule has 2 nitrogen and oxygen atoms in total. The van der Waals surface area contributed by atoms with Gasteiger partial charge in [0.25, 0.3) is 0 Å². The van der Waals surface area contributed by atoms with E-state index < -0.39 is 0 Å². The minimum absolute atomic E-state index is 0.285. The van der Waals surface area contributed by atoms with Crippen LogP contribution in [0.25, 0.3) is 0 Å². The summed E-state index contributed by atoms with van der Waals surface area (Å²) in [7, 11) is 1.47. The van der Waals surface area contributed by atoms with Crippen LogP contribution in [0.15, 0.2) is 18.2 Å². The number of halogens is 2. The predicted molar refractivity (Wildman–Crippen MR) is 73.8 cm³/mol. The van der Waals surface area contributed by atoms with Crippen molar-refractivity contribution in [3.05, 3.63) is 29.6 Å². The zero-order chi connectivity index (χ0) is 13.4. The van der Waals surface area contributed by atoms with Crippen molar-refractivity contribution in [2.45, 2.75) is 26.3 Å². The summed E-state index contributed by atoms with van der Waals surface area (Å²) in [6, 6.07) is 5.04. The van der Waals surface area contributed by atoms with Gasteiger partial charge in [-0.3, -0.25) is 0 Å². The van der Waals surface area contributed by atoms with Crippen LogP contribution in [0.3, 0.4) is 0 Å². The van der Waals surface area contributed by atoms with Crippen LogP contribution in [0, 0.1) is 11.7 Å². The molecule has 0 aliphatic heterocycles. The summed E-state index contributed by atoms with van der Waals surface area (Å²) in [6.07, 6.45) is 2.12. The largest absolute Gasteiger partial charge is 0.494 e. The summed E-state index contributed by atoms with van der Waals surface area (Å²) in [5.74, 6) is 1.25. The number of methoxy groups -OCH3 is 1. The van der Waals surface area contributed by atoms with E-state index in [0.717, 1.165) is 24.9 Å². The highest BCUT2D eigenvalue weighted by Gasteiger charge is 2.06. The Morgan fingerprint density at radius 2 is 2.22 bits per heavy atom. The molecule has 0 saturated heterocycles. The van der Waals surface area contributed by atoms with Gasteiger partial charge in [0.1, 0.15) is 0 Å². The molecule has 0 aromatic heterocycles. The van der Waals surface area contributed by atoms with Crippen molar-refractivity contribution in [2.24, 2.45) is 5.92 Å². The fourth-order valence-corrected chi connectivity index (χ4v) is 2.15. The van der Waals surface area contributed by atoms with Crippen LogP contribution in [-0.2, 0) is 6.54 Å². The molecule has 0 saturated carbocycles. The summed E-state index contributed by atoms with van der Waals surface area (Å²) in [6.45, 7) is 3.74. The van der Waals surface area contributed by atoms with Gasteiger partial charge < -0.3 is 10.1 Å². The van der Waals surface area contributed by atoms with E-state index in [4.69, 9.17) is 16.3 Å². The predicted octanol–water partition coefficient (Wildman–Crippen LogP) is 3.58. The van der Waals surface area contributed by atoms with Crippen LogP contribution in [0.2, 0.25) is 0 Å². The quantitative estimate of drug-likeness (QED) is 0.731. The Labute approximate surface area is 113 Å². The van der Waals surface area contributed by atoms with Crippen molar-refractivity contribution in [3.63, 3.8) is 0 Å². The second kappa shape index (κ2) is 8.33. The van der Waals surface area contributed by atoms with E-state index >= 15 is 0 Å². The first kappa shape index (κ1) is 15.3. The van der Waals surface area contributed by atoms with Gasteiger partial charge in [-0.2, -0.15) is 0 Å². The third-order valence-electron chi connectivity index (χ3n) is 3.07. The number of benzene rings is 1. The third kappa shape index (κ3) is 4.83. The molecule has 1 N–H and O–H groups in total. The van der Waals surface area contributed by atoms with Crippen LogP contribution in [0.1, 0.15) is 25.3 Å². The van der Waals surface area contributed by atoms with Crippen LogP contribution in [0.4, 0.5) is 4.39 Å². The van der Waals surface area contributed by atoms with E-state index in [1.807, 2.05) is 6.07 Å². The lowest BCUT2D eigenvalue weighted by molar-refractivity contribution is 0.386. The first-order valence-corrected chi connectivity index (χ1v) is 6.83. The molecule has 1 unspecified atom stereocenters. The molecule has 0 bridgehead atoms. The maximum Gasteiger partial charge on any atom is 0.165 e. The summed E-state index contributed by atoms with van der Waals surface area (Å²) in [5.41, 5.74) is 0.925. The average molecular weight is 274 g/mol. The lowest BCUT2D eigenvalue weighted by Crippen LogP contribution is -2.22. The fraction of sp³-hybridized carbons (Fsp3) is 0.571. The molecule has 0 aliphatic carbocycles. The Kier molecular flexibility index (Phi) is 7.06. The van der Waals surface area contributed by atoms with Crippen LogP contribution >= 0.6 is 11.6 Å². The SMILES string of the molecule is CCC(CCCl)CNCc1ccc(OC)c(F)c1. The monoisotopic (exact) mass is 273 g/mol. The smallest absolute Gasteiger partial charge is 0.165 e. The van der Waals surface area contributed by atoms with Crippen molar-refractivity contribution < 1.29 is 9.13 Å². The number of alkyl halides is 1. The molecule has 1 aromatic rings. The van der Waals surface area contributed by atoms with E-state index in [1.165, 1.54) is 13.2 Å². The first-order valence-electron chi connectivity index (χ1n) is 6.30. The Balaban J connectivity index is 2.41. The second-order valence-corrected chi connectivity index (χ2v) is 4.73. The highest BCUT2D eigenvalue weighted by Crippen LogP contribution is 2.17. The minimum atomic E-state index is -0.315. The lowest BCUT2D eigenvalue weighted by atomic mass is 10.0. The van der Waals surface area contributed by atoms with Crippen molar-refractivity contribution in [3.8, 4) is 5.75 Å². The van der Waals surface area contributed by atoms with E-state index in [1.54, 1.807) is 6.07 Å². The van der Waals surface area contributed by atoms with Crippen LogP contribution in [-0.4, -0.2) is 19.5 Å². The molecule has 0 amide bonds. The Morgan fingerprint density at radius 1 is 1.44 bits per heavy atom. The Morgan fingerprint density at radius 3 is 2.78 bits per heavy atom. The van der Waals surface area contributed by atoms with Crippen molar-refractivity contribution in [1.82, 2.24) is 5.32 Å². The molecular formula is C14H21ClFNO. The van der Waals surface area contributed by atoms with E-state index in [0.29, 0.717) is 18.3 Å². The van der Waals surface area contributed by atoms with Gasteiger partial charge in [-0.25, -0.2) is 4.39 Å². The van der Waals surface area contributed by atoms with Crippen molar-refractivity contribution in [2.75, 3.05) is 19.5 Å². The minimum Gasteiger partial charge on any atom is -0.494 e. The van der Waals surface area contributed by atoms with Gasteiger partial charge in [0.05, 0.1) is 7.11 Å². The number of rotatable bonds is 8. The first-order chi connectivity index (χ1) is 8.71. The topological polar surface area (TPSA) is 21.3 Å². The Hall–Kier alpha value is -0.800. The Bertz CT molecular complexity index is 360. The maximum absolute atomic E-state index is 13.5. The summed E-state index contributed by atoms with van der Waals surface area (Å²) < 4.78 is 18.3. The van der Waals surface area contributed by atoms with Gasteiger partial charge in [0.15, 0.2) is 11.6 Å². The molecular weight excluding hydrogens is 253 g/mol. The van der Waals surface area contributed by atoms with Gasteiger partial charge in [-0.15, -0.1) is 11.6 Å². The molecule has 4 heteroatoms. The summed E-state index contributed by atoms with van der Waals surface area (Å²) in [4.78, 5) is 0. The van der Waals surface area contributed by atoms with Gasteiger partial charge in [0.2, 0.25) is 0 Å². The molecule has 18 heavy (non-hydrogen) atoms. The molecule has 0 aliphatic rings. The fourth-order valence-electron chi connectivity index (χ4n) is 1.85. The van der Waals surface area contributed by atoms with Crippen LogP contribution < -0.4 is 10.1 Å². The van der Waals surface area contributed by atoms with Crippen molar-refractivity contribution >= 4 is 11.6 Å². The number of ether oxygens (including phenoxy) is 1. The highest BCUT2D eigenvalue weighted by atomic mass is 35.5. The lowest BCUT2D eigenvalue weighted by Gasteiger charge is -2.14.